The number of aromatic nitrogens is 2. The fraction of sp³-hybridized carbons (Fsp3) is 0.118. The van der Waals surface area contributed by atoms with Crippen molar-refractivity contribution in [3.05, 3.63) is 64.4 Å². The van der Waals surface area contributed by atoms with Gasteiger partial charge in [-0.15, -0.1) is 5.10 Å². The minimum Gasteiger partial charge on any atom is -0.323 e. The topological polar surface area (TPSA) is 46.9 Å². The summed E-state index contributed by atoms with van der Waals surface area (Å²) in [4.78, 5) is 12.3. The average molecular weight is 392 g/mol. The Bertz CT molecular complexity index is 940. The fourth-order valence-electron chi connectivity index (χ4n) is 2.04. The number of carbonyl (C=O) groups excluding carboxylic acids is 1. The maximum absolute atomic E-state index is 13.6. The highest BCUT2D eigenvalue weighted by Gasteiger charge is 2.18. The van der Waals surface area contributed by atoms with Crippen molar-refractivity contribution < 1.29 is 9.18 Å². The number of anilines is 1. The number of halogens is 1. The van der Waals surface area contributed by atoms with Crippen molar-refractivity contribution in [2.45, 2.75) is 16.5 Å². The van der Waals surface area contributed by atoms with Gasteiger partial charge >= 0.3 is 0 Å². The largest absolute Gasteiger partial charge is 0.323 e. The number of amides is 1. The molecule has 0 saturated heterocycles. The van der Waals surface area contributed by atoms with Gasteiger partial charge in [-0.2, -0.15) is 0 Å². The number of nitrogens with one attached hydrogen (secondary N) is 1. The lowest BCUT2D eigenvalue weighted by atomic mass is 10.3. The summed E-state index contributed by atoms with van der Waals surface area (Å²) in [5.41, 5.74) is 1.04. The van der Waals surface area contributed by atoms with Gasteiger partial charge in [-0.1, -0.05) is 53.4 Å². The molecule has 4 nitrogen and oxygen atoms in total. The molecule has 25 heavy (non-hydrogen) atoms. The zero-order chi connectivity index (χ0) is 17.8. The Morgan fingerprint density at radius 1 is 1.24 bits per heavy atom. The predicted molar refractivity (Wildman–Crippen MR) is 103 cm³/mol. The summed E-state index contributed by atoms with van der Waals surface area (Å²) in [7, 11) is 0. The number of hydrogen-bond donors (Lipinski definition) is 1. The molecule has 1 N–H and O–H groups in total. The van der Waals surface area contributed by atoms with E-state index in [9.17, 15) is 9.18 Å². The summed E-state index contributed by atoms with van der Waals surface area (Å²) in [6.07, 6.45) is 0. The number of rotatable bonds is 5. The van der Waals surface area contributed by atoms with Gasteiger partial charge in [0, 0.05) is 0 Å². The van der Waals surface area contributed by atoms with Gasteiger partial charge in [-0.05, 0) is 43.4 Å². The zero-order valence-corrected chi connectivity index (χ0v) is 15.6. The van der Waals surface area contributed by atoms with Crippen LogP contribution in [0.15, 0.2) is 58.9 Å². The molecule has 0 aliphatic carbocycles. The summed E-state index contributed by atoms with van der Waals surface area (Å²) >= 11 is 7.98. The van der Waals surface area contributed by atoms with E-state index in [1.165, 1.54) is 35.2 Å². The summed E-state index contributed by atoms with van der Waals surface area (Å²) in [5.74, 6) is -0.750. The maximum atomic E-state index is 13.6. The summed E-state index contributed by atoms with van der Waals surface area (Å²) in [6.45, 7) is 1.75. The van der Waals surface area contributed by atoms with Crippen molar-refractivity contribution in [1.82, 2.24) is 9.78 Å². The molecule has 0 aliphatic heterocycles. The van der Waals surface area contributed by atoms with Crippen LogP contribution in [0.5, 0.6) is 0 Å². The van der Waals surface area contributed by atoms with Crippen molar-refractivity contribution in [2.24, 2.45) is 0 Å². The highest BCUT2D eigenvalue weighted by atomic mass is 32.2. The van der Waals surface area contributed by atoms with Gasteiger partial charge in [-0.25, -0.2) is 9.07 Å². The van der Waals surface area contributed by atoms with E-state index < -0.39 is 11.1 Å². The molecule has 128 valence electrons. The first-order chi connectivity index (χ1) is 12.0. The Balaban J connectivity index is 1.71. The zero-order valence-electron chi connectivity index (χ0n) is 13.2. The average Bonchev–Trinajstić information content (AvgIpc) is 2.98. The maximum Gasteiger partial charge on any atom is 0.237 e. The molecule has 0 radical (unpaired) electrons. The Morgan fingerprint density at radius 2 is 1.92 bits per heavy atom. The van der Waals surface area contributed by atoms with Crippen LogP contribution < -0.4 is 5.32 Å². The molecule has 1 heterocycles. The summed E-state index contributed by atoms with van der Waals surface area (Å²) < 4.78 is 16.6. The highest BCUT2D eigenvalue weighted by molar-refractivity contribution is 8.02. The van der Waals surface area contributed by atoms with E-state index in [1.807, 2.05) is 30.3 Å². The standard InChI is InChI=1S/C17H14FN3OS3/c1-11(15(22)19-14-10-6-5-9-13(14)18)24-16-20-21(17(23)25-16)12-7-3-2-4-8-12/h2-11H,1H3,(H,19,22). The number of carbonyl (C=O) groups is 1. The Kier molecular flexibility index (Phi) is 5.62. The molecule has 0 fully saturated rings. The Labute approximate surface area is 157 Å². The van der Waals surface area contributed by atoms with Crippen LogP contribution in [0.1, 0.15) is 6.92 Å². The minimum atomic E-state index is -0.461. The van der Waals surface area contributed by atoms with E-state index >= 15 is 0 Å². The van der Waals surface area contributed by atoms with Gasteiger partial charge in [0.15, 0.2) is 8.29 Å². The van der Waals surface area contributed by atoms with Crippen LogP contribution in [0.3, 0.4) is 0 Å². The van der Waals surface area contributed by atoms with Gasteiger partial charge in [-0.3, -0.25) is 4.79 Å². The predicted octanol–water partition coefficient (Wildman–Crippen LogP) is 4.92. The van der Waals surface area contributed by atoms with Gasteiger partial charge in [0.2, 0.25) is 5.91 Å². The first kappa shape index (κ1) is 17.8. The molecule has 1 atom stereocenters. The molecule has 0 saturated carbocycles. The van der Waals surface area contributed by atoms with Crippen molar-refractivity contribution in [2.75, 3.05) is 5.32 Å². The van der Waals surface area contributed by atoms with Crippen LogP contribution in [0.2, 0.25) is 0 Å². The second-order valence-corrected chi connectivity index (χ2v) is 8.32. The van der Waals surface area contributed by atoms with Crippen molar-refractivity contribution in [1.29, 1.82) is 0 Å². The molecule has 8 heteroatoms. The van der Waals surface area contributed by atoms with E-state index in [-0.39, 0.29) is 11.6 Å². The second kappa shape index (κ2) is 7.90. The van der Waals surface area contributed by atoms with Gasteiger partial charge in [0.25, 0.3) is 0 Å². The lowest BCUT2D eigenvalue weighted by molar-refractivity contribution is -0.115. The number of para-hydroxylation sites is 2. The fourth-order valence-corrected chi connectivity index (χ4v) is 4.55. The Hall–Kier alpha value is -2.03. The molecule has 1 amide bonds. The first-order valence-electron chi connectivity index (χ1n) is 7.42. The van der Waals surface area contributed by atoms with E-state index in [0.717, 1.165) is 5.69 Å². The SMILES string of the molecule is CC(Sc1nn(-c2ccccc2)c(=S)s1)C(=O)Nc1ccccc1F. The lowest BCUT2D eigenvalue weighted by Gasteiger charge is -2.10. The van der Waals surface area contributed by atoms with E-state index in [1.54, 1.807) is 23.7 Å². The molecule has 2 aromatic carbocycles. The molecular weight excluding hydrogens is 377 g/mol. The lowest BCUT2D eigenvalue weighted by Crippen LogP contribution is -2.22. The smallest absolute Gasteiger partial charge is 0.237 e. The third-order valence-electron chi connectivity index (χ3n) is 3.31. The van der Waals surface area contributed by atoms with E-state index in [2.05, 4.69) is 10.4 Å². The number of nitrogens with zero attached hydrogens (tertiary/aromatic N) is 2. The van der Waals surface area contributed by atoms with Gasteiger partial charge in [0.1, 0.15) is 5.82 Å². The van der Waals surface area contributed by atoms with E-state index in [4.69, 9.17) is 12.2 Å². The van der Waals surface area contributed by atoms with Crippen LogP contribution >= 0.6 is 35.3 Å². The van der Waals surface area contributed by atoms with Gasteiger partial charge < -0.3 is 5.32 Å². The van der Waals surface area contributed by atoms with Crippen molar-refractivity contribution in [3.8, 4) is 5.69 Å². The number of hydrogen-bond acceptors (Lipinski definition) is 5. The monoisotopic (exact) mass is 391 g/mol. The van der Waals surface area contributed by atoms with E-state index in [0.29, 0.717) is 8.29 Å². The molecule has 0 spiro atoms. The molecule has 3 rings (SSSR count). The number of benzene rings is 2. The Morgan fingerprint density at radius 3 is 2.64 bits per heavy atom. The van der Waals surface area contributed by atoms with Crippen molar-refractivity contribution >= 4 is 46.9 Å². The molecular formula is C17H14FN3OS3. The van der Waals surface area contributed by atoms with Crippen LogP contribution in [-0.2, 0) is 4.79 Å². The molecule has 1 aromatic heterocycles. The molecule has 0 bridgehead atoms. The quantitative estimate of drug-likeness (QED) is 0.495. The molecule has 0 aliphatic rings. The van der Waals surface area contributed by atoms with Crippen LogP contribution in [0.25, 0.3) is 5.69 Å². The normalized spacial score (nSPS) is 11.9. The third kappa shape index (κ3) is 4.33. The van der Waals surface area contributed by atoms with Crippen LogP contribution in [0.4, 0.5) is 10.1 Å². The van der Waals surface area contributed by atoms with Gasteiger partial charge in [0.05, 0.1) is 16.6 Å². The minimum absolute atomic E-state index is 0.169. The summed E-state index contributed by atoms with van der Waals surface area (Å²) in [5, 5.41) is 6.62. The second-order valence-electron chi connectivity index (χ2n) is 5.11. The highest BCUT2D eigenvalue weighted by Crippen LogP contribution is 2.28. The van der Waals surface area contributed by atoms with Crippen LogP contribution in [-0.4, -0.2) is 20.9 Å². The van der Waals surface area contributed by atoms with Crippen molar-refractivity contribution in [3.63, 3.8) is 0 Å². The summed E-state index contributed by atoms with van der Waals surface area (Å²) in [6, 6.07) is 15.7. The van der Waals surface area contributed by atoms with Crippen LogP contribution in [0, 0.1) is 9.77 Å². The molecule has 1 unspecified atom stereocenters. The first-order valence-corrected chi connectivity index (χ1v) is 9.52. The third-order valence-corrected chi connectivity index (χ3v) is 5.72. The number of thioether (sulfide) groups is 1. The molecule has 3 aromatic rings.